The molecule has 2 aliphatic rings. The molecule has 1 unspecified atom stereocenters. The van der Waals surface area contributed by atoms with E-state index in [2.05, 4.69) is 26.8 Å². The second-order valence-electron chi connectivity index (χ2n) is 6.18. The second kappa shape index (κ2) is 5.38. The highest BCUT2D eigenvalue weighted by Gasteiger charge is 2.42. The summed E-state index contributed by atoms with van der Waals surface area (Å²) in [5.41, 5.74) is 2.58. The molecule has 16 heavy (non-hydrogen) atoms. The Morgan fingerprint density at radius 2 is 1.94 bits per heavy atom. The van der Waals surface area contributed by atoms with Gasteiger partial charge >= 0.3 is 0 Å². The van der Waals surface area contributed by atoms with Gasteiger partial charge < -0.3 is 0 Å². The van der Waals surface area contributed by atoms with E-state index in [0.29, 0.717) is 0 Å². The van der Waals surface area contributed by atoms with Crippen LogP contribution in [0.25, 0.3) is 0 Å². The van der Waals surface area contributed by atoms with Gasteiger partial charge in [-0.3, -0.25) is 0 Å². The van der Waals surface area contributed by atoms with E-state index in [4.69, 9.17) is 0 Å². The maximum atomic E-state index is 2.58. The minimum Gasteiger partial charge on any atom is -0.0848 e. The van der Waals surface area contributed by atoms with Crippen molar-refractivity contribution in [3.8, 4) is 0 Å². The van der Waals surface area contributed by atoms with Crippen molar-refractivity contribution in [2.24, 2.45) is 17.3 Å². The van der Waals surface area contributed by atoms with Crippen molar-refractivity contribution in [2.45, 2.75) is 73.1 Å². The van der Waals surface area contributed by atoms with E-state index in [-0.39, 0.29) is 7.43 Å². The molecule has 2 rings (SSSR count). The average molecular weight is 222 g/mol. The molecular weight excluding hydrogens is 192 g/mol. The van der Waals surface area contributed by atoms with Crippen LogP contribution in [-0.2, 0) is 0 Å². The second-order valence-corrected chi connectivity index (χ2v) is 6.18. The van der Waals surface area contributed by atoms with Gasteiger partial charge in [-0.25, -0.2) is 0 Å². The first-order valence-electron chi connectivity index (χ1n) is 6.83. The standard InChI is InChI=1S/C15H26.CH4/c1-4-14(12(2)3)11-13-5-7-15(8-6-13)9-10-15;/h5,12,14H,4,6-11H2,1-3H3;1H4. The summed E-state index contributed by atoms with van der Waals surface area (Å²) in [6, 6.07) is 0. The van der Waals surface area contributed by atoms with Crippen LogP contribution in [0.1, 0.15) is 73.1 Å². The maximum absolute atomic E-state index is 2.58. The third kappa shape index (κ3) is 3.12. The predicted molar refractivity (Wildman–Crippen MR) is 73.6 cm³/mol. The van der Waals surface area contributed by atoms with Crippen LogP contribution in [0.4, 0.5) is 0 Å². The van der Waals surface area contributed by atoms with Crippen LogP contribution in [0.15, 0.2) is 11.6 Å². The van der Waals surface area contributed by atoms with Crippen LogP contribution in [0.2, 0.25) is 0 Å². The first kappa shape index (κ1) is 13.8. The van der Waals surface area contributed by atoms with Gasteiger partial charge in [-0.05, 0) is 55.8 Å². The fraction of sp³-hybridized carbons (Fsp3) is 0.875. The Labute approximate surface area is 103 Å². The zero-order chi connectivity index (χ0) is 10.9. The molecule has 0 amide bonds. The monoisotopic (exact) mass is 222 g/mol. The third-order valence-electron chi connectivity index (χ3n) is 4.75. The van der Waals surface area contributed by atoms with Gasteiger partial charge in [0.2, 0.25) is 0 Å². The van der Waals surface area contributed by atoms with Crippen molar-refractivity contribution in [3.63, 3.8) is 0 Å². The van der Waals surface area contributed by atoms with Crippen molar-refractivity contribution in [2.75, 3.05) is 0 Å². The lowest BCUT2D eigenvalue weighted by atomic mass is 9.80. The molecule has 0 heteroatoms. The highest BCUT2D eigenvalue weighted by atomic mass is 14.5. The molecule has 0 heterocycles. The number of hydrogen-bond acceptors (Lipinski definition) is 0. The highest BCUT2D eigenvalue weighted by molar-refractivity contribution is 5.14. The highest BCUT2D eigenvalue weighted by Crippen LogP contribution is 2.55. The van der Waals surface area contributed by atoms with Crippen LogP contribution in [0, 0.1) is 17.3 Å². The summed E-state index contributed by atoms with van der Waals surface area (Å²) in [7, 11) is 0. The Balaban J connectivity index is 0.00000128. The summed E-state index contributed by atoms with van der Waals surface area (Å²) >= 11 is 0. The molecule has 1 saturated carbocycles. The summed E-state index contributed by atoms with van der Waals surface area (Å²) in [5, 5.41) is 0. The molecule has 0 aliphatic heterocycles. The van der Waals surface area contributed by atoms with E-state index >= 15 is 0 Å². The van der Waals surface area contributed by atoms with E-state index in [1.165, 1.54) is 44.9 Å². The van der Waals surface area contributed by atoms with Gasteiger partial charge in [-0.2, -0.15) is 0 Å². The van der Waals surface area contributed by atoms with E-state index < -0.39 is 0 Å². The molecule has 94 valence electrons. The molecule has 0 aromatic carbocycles. The lowest BCUT2D eigenvalue weighted by Crippen LogP contribution is -2.12. The van der Waals surface area contributed by atoms with Crippen LogP contribution < -0.4 is 0 Å². The van der Waals surface area contributed by atoms with Crippen molar-refractivity contribution in [1.29, 1.82) is 0 Å². The SMILES string of the molecule is C.CCC(CC1=CCC2(CC1)CC2)C(C)C. The Kier molecular flexibility index (Phi) is 4.64. The largest absolute Gasteiger partial charge is 0.0848 e. The predicted octanol–water partition coefficient (Wildman–Crippen LogP) is 5.59. The summed E-state index contributed by atoms with van der Waals surface area (Å²) in [4.78, 5) is 0. The third-order valence-corrected chi connectivity index (χ3v) is 4.75. The Morgan fingerprint density at radius 1 is 1.25 bits per heavy atom. The van der Waals surface area contributed by atoms with Gasteiger partial charge in [0, 0.05) is 0 Å². The van der Waals surface area contributed by atoms with Crippen molar-refractivity contribution >= 4 is 0 Å². The molecule has 0 N–H and O–H groups in total. The van der Waals surface area contributed by atoms with E-state index in [0.717, 1.165) is 17.3 Å². The van der Waals surface area contributed by atoms with E-state index in [1.54, 1.807) is 5.57 Å². The van der Waals surface area contributed by atoms with Gasteiger partial charge in [0.05, 0.1) is 0 Å². The van der Waals surface area contributed by atoms with Crippen LogP contribution in [0.3, 0.4) is 0 Å². The summed E-state index contributed by atoms with van der Waals surface area (Å²) in [5.74, 6) is 1.78. The van der Waals surface area contributed by atoms with Crippen LogP contribution >= 0.6 is 0 Å². The van der Waals surface area contributed by atoms with Crippen LogP contribution in [0.5, 0.6) is 0 Å². The summed E-state index contributed by atoms with van der Waals surface area (Å²) in [6.07, 6.45) is 12.6. The fourth-order valence-electron chi connectivity index (χ4n) is 3.00. The zero-order valence-electron chi connectivity index (χ0n) is 10.7. The molecule has 1 atom stereocenters. The van der Waals surface area contributed by atoms with Gasteiger partial charge in [0.1, 0.15) is 0 Å². The number of hydrogen-bond donors (Lipinski definition) is 0. The maximum Gasteiger partial charge on any atom is -0.0259 e. The lowest BCUT2D eigenvalue weighted by Gasteiger charge is -2.25. The number of rotatable bonds is 4. The normalized spacial score (nSPS) is 23.9. The summed E-state index contributed by atoms with van der Waals surface area (Å²) < 4.78 is 0. The molecule has 2 aliphatic carbocycles. The Hall–Kier alpha value is -0.260. The van der Waals surface area contributed by atoms with Gasteiger partial charge in [0.25, 0.3) is 0 Å². The Morgan fingerprint density at radius 3 is 2.31 bits per heavy atom. The molecule has 0 nitrogen and oxygen atoms in total. The fourth-order valence-corrected chi connectivity index (χ4v) is 3.00. The van der Waals surface area contributed by atoms with E-state index in [9.17, 15) is 0 Å². The molecular formula is C16H30. The first-order chi connectivity index (χ1) is 7.15. The molecule has 1 spiro atoms. The summed E-state index contributed by atoms with van der Waals surface area (Å²) in [6.45, 7) is 7.09. The lowest BCUT2D eigenvalue weighted by molar-refractivity contribution is 0.353. The average Bonchev–Trinajstić information content (AvgIpc) is 2.97. The van der Waals surface area contributed by atoms with Gasteiger partial charge in [-0.15, -0.1) is 0 Å². The molecule has 0 bridgehead atoms. The smallest absolute Gasteiger partial charge is 0.0259 e. The quantitative estimate of drug-likeness (QED) is 0.544. The van der Waals surface area contributed by atoms with Gasteiger partial charge in [-0.1, -0.05) is 46.3 Å². The minimum absolute atomic E-state index is 0. The minimum atomic E-state index is 0. The topological polar surface area (TPSA) is 0 Å². The molecule has 0 radical (unpaired) electrons. The van der Waals surface area contributed by atoms with Crippen molar-refractivity contribution < 1.29 is 0 Å². The molecule has 0 aromatic heterocycles. The van der Waals surface area contributed by atoms with Crippen molar-refractivity contribution in [1.82, 2.24) is 0 Å². The molecule has 0 aromatic rings. The van der Waals surface area contributed by atoms with E-state index in [1.807, 2.05) is 0 Å². The number of allylic oxidation sites excluding steroid dienone is 2. The first-order valence-corrected chi connectivity index (χ1v) is 6.83. The Bertz CT molecular complexity index is 243. The van der Waals surface area contributed by atoms with Gasteiger partial charge in [0.15, 0.2) is 0 Å². The van der Waals surface area contributed by atoms with Crippen molar-refractivity contribution in [3.05, 3.63) is 11.6 Å². The molecule has 1 fully saturated rings. The zero-order valence-corrected chi connectivity index (χ0v) is 10.7. The molecule has 0 saturated heterocycles. The van der Waals surface area contributed by atoms with Crippen LogP contribution in [-0.4, -0.2) is 0 Å².